The van der Waals surface area contributed by atoms with Crippen LogP contribution in [0.1, 0.15) is 102 Å². The fourth-order valence-corrected chi connectivity index (χ4v) is 5.56. The highest BCUT2D eigenvalue weighted by Crippen LogP contribution is 2.33. The first kappa shape index (κ1) is 19.3. The summed E-state index contributed by atoms with van der Waals surface area (Å²) in [6, 6.07) is 1.77. The lowest BCUT2D eigenvalue weighted by Crippen LogP contribution is -2.51. The molecule has 152 valence electrons. The smallest absolute Gasteiger partial charge is 0.168 e. The average Bonchev–Trinajstić information content (AvgIpc) is 3.42. The Balaban J connectivity index is 1.45. The molecule has 0 N–H and O–H groups in total. The lowest BCUT2D eigenvalue weighted by Gasteiger charge is -2.41. The van der Waals surface area contributed by atoms with Gasteiger partial charge in [-0.25, -0.2) is 4.68 Å². The molecule has 0 aromatic carbocycles. The van der Waals surface area contributed by atoms with Gasteiger partial charge < -0.3 is 0 Å². The number of hydrogen-bond donors (Lipinski definition) is 0. The van der Waals surface area contributed by atoms with Gasteiger partial charge in [-0.3, -0.25) is 9.80 Å². The summed E-state index contributed by atoms with van der Waals surface area (Å²) in [5, 5.41) is 13.1. The number of unbranched alkanes of at least 4 members (excludes halogenated alkanes) is 1. The van der Waals surface area contributed by atoms with Gasteiger partial charge in [0.1, 0.15) is 0 Å². The summed E-state index contributed by atoms with van der Waals surface area (Å²) >= 11 is 0. The van der Waals surface area contributed by atoms with Gasteiger partial charge >= 0.3 is 0 Å². The molecule has 6 heteroatoms. The molecule has 0 amide bonds. The largest absolute Gasteiger partial charge is 0.298 e. The molecule has 0 radical (unpaired) electrons. The summed E-state index contributed by atoms with van der Waals surface area (Å²) in [4.78, 5) is 5.44. The number of rotatable bonds is 7. The second-order valence-corrected chi connectivity index (χ2v) is 8.94. The summed E-state index contributed by atoms with van der Waals surface area (Å²) in [6.07, 6.45) is 15.9. The van der Waals surface area contributed by atoms with Gasteiger partial charge in [-0.05, 0) is 42.5 Å². The predicted octanol–water partition coefficient (Wildman–Crippen LogP) is 3.97. The molecule has 0 spiro atoms. The van der Waals surface area contributed by atoms with Crippen molar-refractivity contribution in [2.24, 2.45) is 0 Å². The first-order chi connectivity index (χ1) is 13.4. The molecule has 2 heterocycles. The van der Waals surface area contributed by atoms with Crippen LogP contribution in [0.4, 0.5) is 0 Å². The topological polar surface area (TPSA) is 50.1 Å². The molecule has 3 aliphatic rings. The van der Waals surface area contributed by atoms with Crippen LogP contribution in [-0.4, -0.2) is 62.2 Å². The van der Waals surface area contributed by atoms with Crippen molar-refractivity contribution in [2.75, 3.05) is 26.2 Å². The zero-order valence-electron chi connectivity index (χ0n) is 17.2. The number of hydrogen-bond acceptors (Lipinski definition) is 5. The molecule has 6 nitrogen and oxygen atoms in total. The number of aromatic nitrogens is 4. The Morgan fingerprint density at radius 2 is 1.56 bits per heavy atom. The van der Waals surface area contributed by atoms with Crippen LogP contribution in [-0.2, 0) is 0 Å². The Morgan fingerprint density at radius 1 is 0.889 bits per heavy atom. The van der Waals surface area contributed by atoms with Crippen LogP contribution in [0.2, 0.25) is 0 Å². The Kier molecular flexibility index (Phi) is 6.77. The van der Waals surface area contributed by atoms with Gasteiger partial charge in [0.15, 0.2) is 5.82 Å². The van der Waals surface area contributed by atoms with E-state index < -0.39 is 0 Å². The standard InChI is InChI=1S/C21H38N6/c1-2-3-13-20(21-22-23-24-27(21)19-11-5-4-6-12-19)26-16-14-25(15-17-26)18-9-7-8-10-18/h18-20H,2-17H2,1H3/t20-/m0/s1. The van der Waals surface area contributed by atoms with Gasteiger partial charge in [0.2, 0.25) is 0 Å². The molecular formula is C21H38N6. The summed E-state index contributed by atoms with van der Waals surface area (Å²) in [5.41, 5.74) is 0. The second-order valence-electron chi connectivity index (χ2n) is 8.94. The maximum Gasteiger partial charge on any atom is 0.168 e. The molecule has 1 atom stereocenters. The molecule has 0 unspecified atom stereocenters. The van der Waals surface area contributed by atoms with Crippen molar-refractivity contribution in [1.29, 1.82) is 0 Å². The van der Waals surface area contributed by atoms with Gasteiger partial charge in [0.05, 0.1) is 12.1 Å². The highest BCUT2D eigenvalue weighted by Gasteiger charge is 2.33. The quantitative estimate of drug-likeness (QED) is 0.723. The number of piperazine rings is 1. The highest BCUT2D eigenvalue weighted by molar-refractivity contribution is 4.98. The Morgan fingerprint density at radius 3 is 2.26 bits per heavy atom. The van der Waals surface area contributed by atoms with E-state index in [-0.39, 0.29) is 0 Å². The van der Waals surface area contributed by atoms with Crippen molar-refractivity contribution in [3.63, 3.8) is 0 Å². The fourth-order valence-electron chi connectivity index (χ4n) is 5.56. The van der Waals surface area contributed by atoms with Crippen LogP contribution in [0, 0.1) is 0 Å². The van der Waals surface area contributed by atoms with Crippen LogP contribution in [0.3, 0.4) is 0 Å². The second kappa shape index (κ2) is 9.46. The molecule has 1 aliphatic heterocycles. The van der Waals surface area contributed by atoms with Gasteiger partial charge in [0.25, 0.3) is 0 Å². The van der Waals surface area contributed by atoms with Crippen LogP contribution in [0.15, 0.2) is 0 Å². The van der Waals surface area contributed by atoms with Gasteiger partial charge in [-0.1, -0.05) is 51.9 Å². The zero-order valence-corrected chi connectivity index (χ0v) is 17.2. The minimum Gasteiger partial charge on any atom is -0.298 e. The fraction of sp³-hybridized carbons (Fsp3) is 0.952. The van der Waals surface area contributed by atoms with E-state index in [9.17, 15) is 0 Å². The third-order valence-electron chi connectivity index (χ3n) is 7.20. The normalized spacial score (nSPS) is 25.2. The van der Waals surface area contributed by atoms with Gasteiger partial charge in [-0.2, -0.15) is 0 Å². The van der Waals surface area contributed by atoms with Crippen LogP contribution < -0.4 is 0 Å². The highest BCUT2D eigenvalue weighted by atomic mass is 15.6. The molecule has 2 saturated carbocycles. The van der Waals surface area contributed by atoms with E-state index in [0.717, 1.165) is 11.9 Å². The van der Waals surface area contributed by atoms with E-state index in [1.807, 2.05) is 0 Å². The van der Waals surface area contributed by atoms with Crippen molar-refractivity contribution < 1.29 is 0 Å². The summed E-state index contributed by atoms with van der Waals surface area (Å²) in [5.74, 6) is 1.14. The molecule has 1 aromatic heterocycles. The van der Waals surface area contributed by atoms with E-state index >= 15 is 0 Å². The zero-order chi connectivity index (χ0) is 18.5. The number of tetrazole rings is 1. The monoisotopic (exact) mass is 374 g/mol. The third-order valence-corrected chi connectivity index (χ3v) is 7.20. The minimum absolute atomic E-state index is 0.396. The van der Waals surface area contributed by atoms with Crippen molar-refractivity contribution in [3.8, 4) is 0 Å². The summed E-state index contributed by atoms with van der Waals surface area (Å²) in [7, 11) is 0. The van der Waals surface area contributed by atoms with Crippen molar-refractivity contribution >= 4 is 0 Å². The summed E-state index contributed by atoms with van der Waals surface area (Å²) in [6.45, 7) is 7.07. The molecular weight excluding hydrogens is 336 g/mol. The molecule has 3 fully saturated rings. The SMILES string of the molecule is CCCC[C@@H](c1nnnn1C1CCCCC1)N1CCN(C2CCCC2)CC1. The van der Waals surface area contributed by atoms with Crippen molar-refractivity contribution in [1.82, 2.24) is 30.0 Å². The molecule has 2 aliphatic carbocycles. The predicted molar refractivity (Wildman–Crippen MR) is 108 cm³/mol. The lowest BCUT2D eigenvalue weighted by atomic mass is 9.95. The van der Waals surface area contributed by atoms with E-state index in [1.165, 1.54) is 103 Å². The van der Waals surface area contributed by atoms with Crippen LogP contribution in [0.5, 0.6) is 0 Å². The molecule has 0 bridgehead atoms. The van der Waals surface area contributed by atoms with Crippen LogP contribution >= 0.6 is 0 Å². The molecule has 1 aromatic rings. The Bertz CT molecular complexity index is 553. The molecule has 27 heavy (non-hydrogen) atoms. The average molecular weight is 375 g/mol. The summed E-state index contributed by atoms with van der Waals surface area (Å²) < 4.78 is 2.21. The van der Waals surface area contributed by atoms with Crippen LogP contribution in [0.25, 0.3) is 0 Å². The first-order valence-corrected chi connectivity index (χ1v) is 11.6. The van der Waals surface area contributed by atoms with Crippen molar-refractivity contribution in [3.05, 3.63) is 5.82 Å². The Hall–Kier alpha value is -1.01. The van der Waals surface area contributed by atoms with E-state index in [1.54, 1.807) is 0 Å². The van der Waals surface area contributed by atoms with Gasteiger partial charge in [-0.15, -0.1) is 5.10 Å². The van der Waals surface area contributed by atoms with Crippen molar-refractivity contribution in [2.45, 2.75) is 102 Å². The number of nitrogens with zero attached hydrogens (tertiary/aromatic N) is 6. The Labute approximate surface area is 164 Å². The first-order valence-electron chi connectivity index (χ1n) is 11.6. The lowest BCUT2D eigenvalue weighted by molar-refractivity contribution is 0.0610. The minimum atomic E-state index is 0.396. The van der Waals surface area contributed by atoms with Gasteiger partial charge in [0, 0.05) is 32.2 Å². The third kappa shape index (κ3) is 4.53. The van der Waals surface area contributed by atoms with E-state index in [4.69, 9.17) is 0 Å². The molecule has 4 rings (SSSR count). The maximum atomic E-state index is 4.56. The van der Waals surface area contributed by atoms with E-state index in [2.05, 4.69) is 36.9 Å². The maximum absolute atomic E-state index is 4.56. The molecule has 1 saturated heterocycles. The van der Waals surface area contributed by atoms with E-state index in [0.29, 0.717) is 12.1 Å².